The van der Waals surface area contributed by atoms with E-state index in [0.29, 0.717) is 11.3 Å². The Hall–Kier alpha value is -3.93. The number of anilines is 1. The van der Waals surface area contributed by atoms with Crippen LogP contribution in [-0.2, 0) is 16.1 Å². The summed E-state index contributed by atoms with van der Waals surface area (Å²) in [5, 5.41) is 2.72. The molecule has 0 fully saturated rings. The van der Waals surface area contributed by atoms with Gasteiger partial charge < -0.3 is 10.2 Å². The van der Waals surface area contributed by atoms with E-state index in [4.69, 9.17) is 4.84 Å². The van der Waals surface area contributed by atoms with Crippen LogP contribution < -0.4 is 10.8 Å². The molecule has 0 aliphatic carbocycles. The van der Waals surface area contributed by atoms with E-state index in [1.807, 2.05) is 30.3 Å². The first-order valence-electron chi connectivity index (χ1n) is 8.63. The highest BCUT2D eigenvalue weighted by Crippen LogP contribution is 2.16. The van der Waals surface area contributed by atoms with Crippen molar-refractivity contribution in [2.75, 3.05) is 5.32 Å². The Morgan fingerprint density at radius 1 is 0.750 bits per heavy atom. The standard InChI is InChI=1S/C22H18N2O4/c25-20(15-16-9-3-1-4-10-16)23-19-14-8-7-13-18(19)21(26)24-28-22(27)17-11-5-2-6-12-17/h1-14H,15H2,(H,23,25)(H,24,26). The monoisotopic (exact) mass is 374 g/mol. The topological polar surface area (TPSA) is 84.5 Å². The average molecular weight is 374 g/mol. The highest BCUT2D eigenvalue weighted by molar-refractivity contribution is 6.04. The van der Waals surface area contributed by atoms with E-state index < -0.39 is 11.9 Å². The van der Waals surface area contributed by atoms with Gasteiger partial charge in [0.1, 0.15) is 0 Å². The summed E-state index contributed by atoms with van der Waals surface area (Å²) in [4.78, 5) is 41.5. The van der Waals surface area contributed by atoms with E-state index >= 15 is 0 Å². The highest BCUT2D eigenvalue weighted by Gasteiger charge is 2.15. The van der Waals surface area contributed by atoms with Crippen LogP contribution >= 0.6 is 0 Å². The van der Waals surface area contributed by atoms with Gasteiger partial charge in [-0.3, -0.25) is 9.59 Å². The largest absolute Gasteiger partial charge is 0.362 e. The maximum absolute atomic E-state index is 12.4. The van der Waals surface area contributed by atoms with Crippen molar-refractivity contribution in [1.29, 1.82) is 0 Å². The lowest BCUT2D eigenvalue weighted by Gasteiger charge is -2.11. The van der Waals surface area contributed by atoms with Crippen molar-refractivity contribution in [3.05, 3.63) is 102 Å². The van der Waals surface area contributed by atoms with Gasteiger partial charge in [0.15, 0.2) is 0 Å². The third-order valence-corrected chi connectivity index (χ3v) is 3.90. The van der Waals surface area contributed by atoms with Gasteiger partial charge in [-0.25, -0.2) is 4.79 Å². The maximum atomic E-state index is 12.4. The van der Waals surface area contributed by atoms with Gasteiger partial charge in [-0.2, -0.15) is 5.48 Å². The van der Waals surface area contributed by atoms with Crippen molar-refractivity contribution in [1.82, 2.24) is 5.48 Å². The lowest BCUT2D eigenvalue weighted by molar-refractivity contribution is -0.115. The minimum Gasteiger partial charge on any atom is -0.335 e. The molecule has 140 valence electrons. The third-order valence-electron chi connectivity index (χ3n) is 3.90. The minimum atomic E-state index is -0.681. The number of benzene rings is 3. The molecule has 0 aliphatic heterocycles. The molecule has 6 heteroatoms. The van der Waals surface area contributed by atoms with Gasteiger partial charge in [-0.05, 0) is 29.8 Å². The molecule has 0 spiro atoms. The third kappa shape index (κ3) is 5.04. The number of carbonyl (C=O) groups excluding carboxylic acids is 3. The second-order valence-corrected chi connectivity index (χ2v) is 5.94. The van der Waals surface area contributed by atoms with Crippen LogP contribution in [0.2, 0.25) is 0 Å². The fraction of sp³-hybridized carbons (Fsp3) is 0.0455. The molecule has 0 heterocycles. The van der Waals surface area contributed by atoms with Crippen molar-refractivity contribution in [2.24, 2.45) is 0 Å². The molecule has 3 aromatic carbocycles. The minimum absolute atomic E-state index is 0.180. The number of amides is 2. The van der Waals surface area contributed by atoms with Crippen LogP contribution in [0, 0.1) is 0 Å². The normalized spacial score (nSPS) is 10.0. The molecular weight excluding hydrogens is 356 g/mol. The Kier molecular flexibility index (Phi) is 6.15. The quantitative estimate of drug-likeness (QED) is 0.671. The van der Waals surface area contributed by atoms with E-state index in [1.165, 1.54) is 6.07 Å². The van der Waals surface area contributed by atoms with Crippen molar-refractivity contribution in [3.63, 3.8) is 0 Å². The second kappa shape index (κ2) is 9.14. The van der Waals surface area contributed by atoms with Crippen LogP contribution in [0.3, 0.4) is 0 Å². The fourth-order valence-electron chi connectivity index (χ4n) is 2.55. The molecule has 3 aromatic rings. The zero-order valence-electron chi connectivity index (χ0n) is 14.9. The number of rotatable bonds is 5. The Bertz CT molecular complexity index is 972. The van der Waals surface area contributed by atoms with Gasteiger partial charge in [0.25, 0.3) is 5.91 Å². The maximum Gasteiger partial charge on any atom is 0.362 e. The molecule has 0 atom stereocenters. The zero-order valence-corrected chi connectivity index (χ0v) is 14.9. The molecular formula is C22H18N2O4. The SMILES string of the molecule is O=C(Cc1ccccc1)Nc1ccccc1C(=O)NOC(=O)c1ccccc1. The predicted octanol–water partition coefficient (Wildman–Crippen LogP) is 3.37. The van der Waals surface area contributed by atoms with Crippen molar-refractivity contribution in [3.8, 4) is 0 Å². The van der Waals surface area contributed by atoms with Crippen molar-refractivity contribution < 1.29 is 19.2 Å². The molecule has 28 heavy (non-hydrogen) atoms. The summed E-state index contributed by atoms with van der Waals surface area (Å²) in [6.45, 7) is 0. The van der Waals surface area contributed by atoms with Crippen LogP contribution in [-0.4, -0.2) is 17.8 Å². The summed E-state index contributed by atoms with van der Waals surface area (Å²) in [7, 11) is 0. The highest BCUT2D eigenvalue weighted by atomic mass is 16.7. The smallest absolute Gasteiger partial charge is 0.335 e. The van der Waals surface area contributed by atoms with Gasteiger partial charge in [-0.15, -0.1) is 0 Å². The Balaban J connectivity index is 1.63. The molecule has 2 N–H and O–H groups in total. The van der Waals surface area contributed by atoms with Gasteiger partial charge in [-0.1, -0.05) is 60.7 Å². The number of nitrogens with one attached hydrogen (secondary N) is 2. The first-order valence-corrected chi connectivity index (χ1v) is 8.63. The average Bonchev–Trinajstić information content (AvgIpc) is 2.73. The number of hydrogen-bond donors (Lipinski definition) is 2. The van der Waals surface area contributed by atoms with E-state index in [0.717, 1.165) is 5.56 Å². The summed E-state index contributed by atoms with van der Waals surface area (Å²) < 4.78 is 0. The molecule has 0 saturated heterocycles. The molecule has 0 bridgehead atoms. The summed E-state index contributed by atoms with van der Waals surface area (Å²) >= 11 is 0. The number of para-hydroxylation sites is 1. The van der Waals surface area contributed by atoms with Crippen LogP contribution in [0.5, 0.6) is 0 Å². The first-order chi connectivity index (χ1) is 13.6. The molecule has 0 unspecified atom stereocenters. The summed E-state index contributed by atoms with van der Waals surface area (Å²) in [5.74, 6) is -1.58. The van der Waals surface area contributed by atoms with E-state index in [-0.39, 0.29) is 17.9 Å². The van der Waals surface area contributed by atoms with E-state index in [1.54, 1.807) is 48.5 Å². The van der Waals surface area contributed by atoms with Crippen LogP contribution in [0.15, 0.2) is 84.9 Å². The van der Waals surface area contributed by atoms with Crippen LogP contribution in [0.1, 0.15) is 26.3 Å². The molecule has 3 rings (SSSR count). The van der Waals surface area contributed by atoms with Crippen molar-refractivity contribution >= 4 is 23.5 Å². The number of hydroxylamine groups is 1. The molecule has 6 nitrogen and oxygen atoms in total. The Morgan fingerprint density at radius 3 is 2.07 bits per heavy atom. The number of carbonyl (C=O) groups is 3. The predicted molar refractivity (Wildman–Crippen MR) is 105 cm³/mol. The fourth-order valence-corrected chi connectivity index (χ4v) is 2.55. The van der Waals surface area contributed by atoms with Gasteiger partial charge in [0, 0.05) is 0 Å². The van der Waals surface area contributed by atoms with Gasteiger partial charge in [0.2, 0.25) is 5.91 Å². The molecule has 0 saturated carbocycles. The molecule has 0 aromatic heterocycles. The lowest BCUT2D eigenvalue weighted by atomic mass is 10.1. The Labute approximate surface area is 162 Å². The van der Waals surface area contributed by atoms with Gasteiger partial charge >= 0.3 is 5.97 Å². The number of hydrogen-bond acceptors (Lipinski definition) is 4. The lowest BCUT2D eigenvalue weighted by Crippen LogP contribution is -2.28. The summed E-state index contributed by atoms with van der Waals surface area (Å²) in [6, 6.07) is 24.1. The summed E-state index contributed by atoms with van der Waals surface area (Å²) in [6.07, 6.45) is 0.180. The van der Waals surface area contributed by atoms with Crippen molar-refractivity contribution in [2.45, 2.75) is 6.42 Å². The van der Waals surface area contributed by atoms with Crippen LogP contribution in [0.25, 0.3) is 0 Å². The second-order valence-electron chi connectivity index (χ2n) is 5.94. The zero-order chi connectivity index (χ0) is 19.8. The van der Waals surface area contributed by atoms with Gasteiger partial charge in [0.05, 0.1) is 23.2 Å². The molecule has 2 amide bonds. The summed E-state index contributed by atoms with van der Waals surface area (Å²) in [5.41, 5.74) is 3.81. The first kappa shape index (κ1) is 18.8. The Morgan fingerprint density at radius 2 is 1.36 bits per heavy atom. The van der Waals surface area contributed by atoms with Crippen LogP contribution in [0.4, 0.5) is 5.69 Å². The van der Waals surface area contributed by atoms with E-state index in [2.05, 4.69) is 10.8 Å². The van der Waals surface area contributed by atoms with E-state index in [9.17, 15) is 14.4 Å². The molecule has 0 aliphatic rings. The molecule has 0 radical (unpaired) electrons.